The molecule has 1 atom stereocenters. The molecule has 0 aliphatic carbocycles. The van der Waals surface area contributed by atoms with Crippen LogP contribution in [-0.4, -0.2) is 30.6 Å². The van der Waals surface area contributed by atoms with E-state index in [-0.39, 0.29) is 0 Å². The van der Waals surface area contributed by atoms with Gasteiger partial charge in [0.05, 0.1) is 6.61 Å². The van der Waals surface area contributed by atoms with E-state index in [4.69, 9.17) is 14.6 Å². The minimum atomic E-state index is -1.10. The van der Waals surface area contributed by atoms with Crippen LogP contribution in [0.5, 0.6) is 0 Å². The minimum absolute atomic E-state index is 0.355. The summed E-state index contributed by atoms with van der Waals surface area (Å²) >= 11 is 0. The fraction of sp³-hybridized carbons (Fsp3) is 0.923. The fourth-order valence-electron chi connectivity index (χ4n) is 1.59. The van der Waals surface area contributed by atoms with Gasteiger partial charge in [0.25, 0.3) is 6.29 Å². The highest BCUT2D eigenvalue weighted by atomic mass is 16.7. The zero-order valence-electron chi connectivity index (χ0n) is 11.1. The number of carboxylic acids is 1. The molecule has 4 heteroatoms. The molecule has 0 aromatic heterocycles. The first-order valence-electron chi connectivity index (χ1n) is 6.68. The third kappa shape index (κ3) is 10.3. The summed E-state index contributed by atoms with van der Waals surface area (Å²) in [6, 6.07) is 0. The monoisotopic (exact) mass is 246 g/mol. The molecular formula is C13H26O4. The molecule has 0 saturated heterocycles. The van der Waals surface area contributed by atoms with E-state index < -0.39 is 12.3 Å². The number of unbranched alkanes of at least 4 members (excludes halogenated alkanes) is 6. The van der Waals surface area contributed by atoms with Crippen LogP contribution in [0.15, 0.2) is 0 Å². The fourth-order valence-corrected chi connectivity index (χ4v) is 1.59. The molecule has 0 heterocycles. The van der Waals surface area contributed by atoms with Crippen LogP contribution < -0.4 is 0 Å². The van der Waals surface area contributed by atoms with Gasteiger partial charge in [-0.25, -0.2) is 4.79 Å². The molecular weight excluding hydrogens is 220 g/mol. The number of rotatable bonds is 12. The average molecular weight is 246 g/mol. The number of carbonyl (C=O) groups is 1. The third-order valence-electron chi connectivity index (χ3n) is 2.54. The molecule has 1 N–H and O–H groups in total. The Hall–Kier alpha value is -0.610. The Morgan fingerprint density at radius 2 is 1.59 bits per heavy atom. The Balaban J connectivity index is 3.33. The van der Waals surface area contributed by atoms with Crippen LogP contribution >= 0.6 is 0 Å². The Bertz CT molecular complexity index is 182. The highest BCUT2D eigenvalue weighted by Crippen LogP contribution is 2.07. The first-order chi connectivity index (χ1) is 8.22. The molecule has 0 bridgehead atoms. The number of ether oxygens (including phenoxy) is 2. The molecule has 102 valence electrons. The third-order valence-corrected chi connectivity index (χ3v) is 2.54. The molecule has 0 amide bonds. The van der Waals surface area contributed by atoms with Crippen LogP contribution in [0.3, 0.4) is 0 Å². The molecule has 4 nitrogen and oxygen atoms in total. The molecule has 0 aliphatic rings. The Kier molecular flexibility index (Phi) is 11.4. The van der Waals surface area contributed by atoms with Gasteiger partial charge in [-0.05, 0) is 13.3 Å². The zero-order valence-corrected chi connectivity index (χ0v) is 11.1. The van der Waals surface area contributed by atoms with Crippen LogP contribution in [0, 0.1) is 0 Å². The largest absolute Gasteiger partial charge is 0.477 e. The van der Waals surface area contributed by atoms with Gasteiger partial charge in [-0.3, -0.25) is 0 Å². The maximum absolute atomic E-state index is 10.7. The van der Waals surface area contributed by atoms with Gasteiger partial charge in [-0.2, -0.15) is 0 Å². The number of carboxylic acid groups (broad SMARTS) is 1. The van der Waals surface area contributed by atoms with E-state index in [1.165, 1.54) is 32.1 Å². The lowest BCUT2D eigenvalue weighted by Gasteiger charge is -2.12. The van der Waals surface area contributed by atoms with Crippen molar-refractivity contribution in [3.8, 4) is 0 Å². The number of hydrogen-bond donors (Lipinski definition) is 1. The molecule has 0 saturated carbocycles. The summed E-state index contributed by atoms with van der Waals surface area (Å²) in [6.07, 6.45) is 7.25. The number of aliphatic carboxylic acids is 1. The van der Waals surface area contributed by atoms with Crippen molar-refractivity contribution in [3.63, 3.8) is 0 Å². The van der Waals surface area contributed by atoms with E-state index in [1.54, 1.807) is 6.92 Å². The Morgan fingerprint density at radius 1 is 1.00 bits per heavy atom. The second kappa shape index (κ2) is 11.9. The maximum atomic E-state index is 10.7. The van der Waals surface area contributed by atoms with Crippen molar-refractivity contribution >= 4 is 5.97 Å². The van der Waals surface area contributed by atoms with E-state index in [2.05, 4.69) is 6.92 Å². The van der Waals surface area contributed by atoms with Gasteiger partial charge in [0.1, 0.15) is 0 Å². The molecule has 1 unspecified atom stereocenters. The van der Waals surface area contributed by atoms with Crippen molar-refractivity contribution in [2.75, 3.05) is 13.2 Å². The molecule has 0 aromatic carbocycles. The van der Waals surface area contributed by atoms with Crippen LogP contribution in [-0.2, 0) is 14.3 Å². The highest BCUT2D eigenvalue weighted by molar-refractivity contribution is 5.70. The van der Waals surface area contributed by atoms with E-state index >= 15 is 0 Å². The minimum Gasteiger partial charge on any atom is -0.477 e. The van der Waals surface area contributed by atoms with Crippen molar-refractivity contribution in [3.05, 3.63) is 0 Å². The summed E-state index contributed by atoms with van der Waals surface area (Å²) in [4.78, 5) is 10.7. The Labute approximate surface area is 104 Å². The second-order valence-corrected chi connectivity index (χ2v) is 4.12. The molecule has 0 rings (SSSR count). The number of hydrogen-bond acceptors (Lipinski definition) is 3. The molecule has 0 spiro atoms. The summed E-state index contributed by atoms with van der Waals surface area (Å²) in [6.45, 7) is 4.78. The summed E-state index contributed by atoms with van der Waals surface area (Å²) in [5.74, 6) is -1.05. The summed E-state index contributed by atoms with van der Waals surface area (Å²) in [5, 5.41) is 8.75. The van der Waals surface area contributed by atoms with Gasteiger partial charge >= 0.3 is 5.97 Å². The Morgan fingerprint density at radius 3 is 2.12 bits per heavy atom. The van der Waals surface area contributed by atoms with Crippen LogP contribution in [0.4, 0.5) is 0 Å². The molecule has 17 heavy (non-hydrogen) atoms. The standard InChI is InChI=1S/C13H26O4/c1-3-5-6-7-8-9-10-11-17-13(12(14)15)16-4-2/h13H,3-11H2,1-2H3,(H,14,15). The van der Waals surface area contributed by atoms with Crippen LogP contribution in [0.25, 0.3) is 0 Å². The van der Waals surface area contributed by atoms with Crippen molar-refractivity contribution in [1.82, 2.24) is 0 Å². The molecule has 0 fully saturated rings. The maximum Gasteiger partial charge on any atom is 0.361 e. The summed E-state index contributed by atoms with van der Waals surface area (Å²) < 4.78 is 10.1. The zero-order chi connectivity index (χ0) is 12.9. The predicted molar refractivity (Wildman–Crippen MR) is 67.0 cm³/mol. The first-order valence-corrected chi connectivity index (χ1v) is 6.68. The topological polar surface area (TPSA) is 55.8 Å². The second-order valence-electron chi connectivity index (χ2n) is 4.12. The quantitative estimate of drug-likeness (QED) is 0.424. The lowest BCUT2D eigenvalue weighted by molar-refractivity contribution is -0.188. The summed E-state index contributed by atoms with van der Waals surface area (Å²) in [5.41, 5.74) is 0. The van der Waals surface area contributed by atoms with Crippen LogP contribution in [0.2, 0.25) is 0 Å². The smallest absolute Gasteiger partial charge is 0.361 e. The summed E-state index contributed by atoms with van der Waals surface area (Å²) in [7, 11) is 0. The predicted octanol–water partition coefficient (Wildman–Crippen LogP) is 3.20. The van der Waals surface area contributed by atoms with E-state index in [0.29, 0.717) is 13.2 Å². The van der Waals surface area contributed by atoms with Gasteiger partial charge in [-0.1, -0.05) is 45.4 Å². The van der Waals surface area contributed by atoms with Crippen molar-refractivity contribution in [2.24, 2.45) is 0 Å². The van der Waals surface area contributed by atoms with Gasteiger partial charge in [-0.15, -0.1) is 0 Å². The van der Waals surface area contributed by atoms with Gasteiger partial charge in [0.2, 0.25) is 0 Å². The lowest BCUT2D eigenvalue weighted by Crippen LogP contribution is -2.27. The van der Waals surface area contributed by atoms with E-state index in [0.717, 1.165) is 12.8 Å². The van der Waals surface area contributed by atoms with Crippen molar-refractivity contribution < 1.29 is 19.4 Å². The highest BCUT2D eigenvalue weighted by Gasteiger charge is 2.16. The van der Waals surface area contributed by atoms with Gasteiger partial charge in [0, 0.05) is 6.61 Å². The normalized spacial score (nSPS) is 12.6. The molecule has 0 radical (unpaired) electrons. The van der Waals surface area contributed by atoms with Crippen LogP contribution in [0.1, 0.15) is 58.8 Å². The van der Waals surface area contributed by atoms with E-state index in [9.17, 15) is 4.79 Å². The average Bonchev–Trinajstić information content (AvgIpc) is 2.31. The first kappa shape index (κ1) is 16.4. The molecule has 0 aliphatic heterocycles. The van der Waals surface area contributed by atoms with Crippen molar-refractivity contribution in [1.29, 1.82) is 0 Å². The van der Waals surface area contributed by atoms with Gasteiger partial charge in [0.15, 0.2) is 0 Å². The SMILES string of the molecule is CCCCCCCCCOC(OCC)C(=O)O. The molecule has 0 aromatic rings. The van der Waals surface area contributed by atoms with Gasteiger partial charge < -0.3 is 14.6 Å². The van der Waals surface area contributed by atoms with Crippen molar-refractivity contribution in [2.45, 2.75) is 65.1 Å². The van der Waals surface area contributed by atoms with E-state index in [1.807, 2.05) is 0 Å². The lowest BCUT2D eigenvalue weighted by atomic mass is 10.1.